The molecule has 1 aromatic carbocycles. The van der Waals surface area contributed by atoms with Gasteiger partial charge in [-0.15, -0.1) is 0 Å². The standard InChI is InChI=1S/C14H18FN3O/c1-9-11-6-10(8-18-4-2-16-3-5-18)7-12(15)13(11)17-14(9)19/h6-7,9,16H,2-5,8H2,1H3,(H,17,19). The van der Waals surface area contributed by atoms with E-state index in [1.54, 1.807) is 6.07 Å². The van der Waals surface area contributed by atoms with Crippen molar-refractivity contribution in [3.63, 3.8) is 0 Å². The number of nitrogens with zero attached hydrogens (tertiary/aromatic N) is 1. The van der Waals surface area contributed by atoms with E-state index in [9.17, 15) is 9.18 Å². The summed E-state index contributed by atoms with van der Waals surface area (Å²) in [5.74, 6) is -0.693. The number of amides is 1. The number of anilines is 1. The maximum atomic E-state index is 14.0. The van der Waals surface area contributed by atoms with E-state index in [4.69, 9.17) is 0 Å². The van der Waals surface area contributed by atoms with Gasteiger partial charge >= 0.3 is 0 Å². The van der Waals surface area contributed by atoms with Gasteiger partial charge in [0.1, 0.15) is 5.82 Å². The number of halogens is 1. The van der Waals surface area contributed by atoms with Crippen molar-refractivity contribution in [1.82, 2.24) is 10.2 Å². The highest BCUT2D eigenvalue weighted by molar-refractivity contribution is 6.02. The Morgan fingerprint density at radius 1 is 1.37 bits per heavy atom. The number of piperazine rings is 1. The van der Waals surface area contributed by atoms with E-state index in [0.717, 1.165) is 43.9 Å². The number of hydrogen-bond acceptors (Lipinski definition) is 3. The van der Waals surface area contributed by atoms with Crippen LogP contribution in [0.5, 0.6) is 0 Å². The lowest BCUT2D eigenvalue weighted by Gasteiger charge is -2.27. The van der Waals surface area contributed by atoms with Gasteiger partial charge in [0.2, 0.25) is 5.91 Å². The summed E-state index contributed by atoms with van der Waals surface area (Å²) in [5, 5.41) is 5.90. The maximum Gasteiger partial charge on any atom is 0.231 e. The number of carbonyl (C=O) groups is 1. The third kappa shape index (κ3) is 2.35. The van der Waals surface area contributed by atoms with Gasteiger partial charge in [-0.2, -0.15) is 0 Å². The smallest absolute Gasteiger partial charge is 0.231 e. The second-order valence-electron chi connectivity index (χ2n) is 5.28. The van der Waals surface area contributed by atoms with Crippen LogP contribution in [-0.2, 0) is 11.3 Å². The molecule has 0 bridgehead atoms. The predicted molar refractivity (Wildman–Crippen MR) is 71.6 cm³/mol. The lowest BCUT2D eigenvalue weighted by atomic mass is 10.00. The van der Waals surface area contributed by atoms with E-state index in [2.05, 4.69) is 15.5 Å². The molecule has 0 aliphatic carbocycles. The number of rotatable bonds is 2. The van der Waals surface area contributed by atoms with Crippen LogP contribution in [-0.4, -0.2) is 37.0 Å². The summed E-state index contributed by atoms with van der Waals surface area (Å²) in [6.07, 6.45) is 0. The van der Waals surface area contributed by atoms with Gasteiger partial charge in [-0.3, -0.25) is 9.69 Å². The van der Waals surface area contributed by atoms with Gasteiger partial charge in [0.05, 0.1) is 11.6 Å². The fraction of sp³-hybridized carbons (Fsp3) is 0.500. The number of benzene rings is 1. The van der Waals surface area contributed by atoms with Crippen LogP contribution in [0.2, 0.25) is 0 Å². The third-order valence-corrected chi connectivity index (χ3v) is 3.90. The van der Waals surface area contributed by atoms with Crippen LogP contribution in [0.25, 0.3) is 0 Å². The van der Waals surface area contributed by atoms with Gasteiger partial charge in [-0.25, -0.2) is 4.39 Å². The highest BCUT2D eigenvalue weighted by Gasteiger charge is 2.29. The average Bonchev–Trinajstić information content (AvgIpc) is 2.68. The minimum atomic E-state index is -0.319. The van der Waals surface area contributed by atoms with Crippen LogP contribution < -0.4 is 10.6 Å². The van der Waals surface area contributed by atoms with Gasteiger partial charge in [0.15, 0.2) is 0 Å². The first-order chi connectivity index (χ1) is 9.15. The lowest BCUT2D eigenvalue weighted by Crippen LogP contribution is -2.42. The molecule has 2 N–H and O–H groups in total. The van der Waals surface area contributed by atoms with E-state index < -0.39 is 0 Å². The summed E-state index contributed by atoms with van der Waals surface area (Å²) in [5.41, 5.74) is 2.10. The Morgan fingerprint density at radius 3 is 2.84 bits per heavy atom. The Labute approximate surface area is 112 Å². The van der Waals surface area contributed by atoms with Crippen molar-refractivity contribution in [3.8, 4) is 0 Å². The predicted octanol–water partition coefficient (Wildman–Crippen LogP) is 1.29. The highest BCUT2D eigenvalue weighted by atomic mass is 19.1. The molecule has 5 heteroatoms. The molecule has 4 nitrogen and oxygen atoms in total. The van der Waals surface area contributed by atoms with Crippen LogP contribution in [0.1, 0.15) is 24.0 Å². The zero-order chi connectivity index (χ0) is 13.4. The zero-order valence-electron chi connectivity index (χ0n) is 11.0. The Bertz CT molecular complexity index is 512. The van der Waals surface area contributed by atoms with Crippen molar-refractivity contribution in [2.75, 3.05) is 31.5 Å². The first kappa shape index (κ1) is 12.6. The van der Waals surface area contributed by atoms with E-state index in [0.29, 0.717) is 5.69 Å². The summed E-state index contributed by atoms with van der Waals surface area (Å²) < 4.78 is 14.0. The highest BCUT2D eigenvalue weighted by Crippen LogP contribution is 2.35. The van der Waals surface area contributed by atoms with Crippen LogP contribution in [0, 0.1) is 5.82 Å². The minimum Gasteiger partial charge on any atom is -0.323 e. The van der Waals surface area contributed by atoms with E-state index in [-0.39, 0.29) is 17.6 Å². The second kappa shape index (κ2) is 4.90. The molecule has 19 heavy (non-hydrogen) atoms. The molecule has 1 amide bonds. The third-order valence-electron chi connectivity index (χ3n) is 3.90. The number of hydrogen-bond donors (Lipinski definition) is 2. The van der Waals surface area contributed by atoms with Crippen LogP contribution in [0.4, 0.5) is 10.1 Å². The molecule has 0 radical (unpaired) electrons. The fourth-order valence-electron chi connectivity index (χ4n) is 2.75. The largest absolute Gasteiger partial charge is 0.323 e. The number of nitrogens with one attached hydrogen (secondary N) is 2. The summed E-state index contributed by atoms with van der Waals surface area (Å²) in [4.78, 5) is 13.9. The van der Waals surface area contributed by atoms with Gasteiger partial charge in [-0.1, -0.05) is 6.07 Å². The topological polar surface area (TPSA) is 44.4 Å². The molecule has 1 unspecified atom stereocenters. The lowest BCUT2D eigenvalue weighted by molar-refractivity contribution is -0.116. The molecule has 1 aromatic rings. The maximum absolute atomic E-state index is 14.0. The average molecular weight is 263 g/mol. The van der Waals surface area contributed by atoms with E-state index in [1.807, 2.05) is 13.0 Å². The van der Waals surface area contributed by atoms with Crippen molar-refractivity contribution in [3.05, 3.63) is 29.1 Å². The van der Waals surface area contributed by atoms with Crippen LogP contribution in [0.3, 0.4) is 0 Å². The van der Waals surface area contributed by atoms with E-state index in [1.165, 1.54) is 0 Å². The Balaban J connectivity index is 1.84. The number of carbonyl (C=O) groups excluding carboxylic acids is 1. The van der Waals surface area contributed by atoms with Gasteiger partial charge < -0.3 is 10.6 Å². The van der Waals surface area contributed by atoms with Crippen molar-refractivity contribution in [2.45, 2.75) is 19.4 Å². The first-order valence-electron chi connectivity index (χ1n) is 6.71. The summed E-state index contributed by atoms with van der Waals surface area (Å²) in [7, 11) is 0. The molecule has 3 rings (SSSR count). The van der Waals surface area contributed by atoms with E-state index >= 15 is 0 Å². The van der Waals surface area contributed by atoms with Gasteiger partial charge in [0, 0.05) is 32.7 Å². The van der Waals surface area contributed by atoms with Crippen molar-refractivity contribution in [1.29, 1.82) is 0 Å². The molecule has 2 aliphatic rings. The van der Waals surface area contributed by atoms with Gasteiger partial charge in [-0.05, 0) is 24.1 Å². The normalized spacial score (nSPS) is 23.3. The molecule has 2 aliphatic heterocycles. The molecule has 1 fully saturated rings. The molecule has 0 spiro atoms. The molecule has 0 aromatic heterocycles. The van der Waals surface area contributed by atoms with Crippen molar-refractivity contribution < 1.29 is 9.18 Å². The molecule has 1 atom stereocenters. The van der Waals surface area contributed by atoms with Gasteiger partial charge in [0.25, 0.3) is 0 Å². The van der Waals surface area contributed by atoms with Crippen LogP contribution in [0.15, 0.2) is 12.1 Å². The molecule has 102 valence electrons. The molecule has 1 saturated heterocycles. The molecule has 2 heterocycles. The summed E-state index contributed by atoms with van der Waals surface area (Å²) in [6.45, 7) is 6.46. The fourth-order valence-corrected chi connectivity index (χ4v) is 2.75. The Hall–Kier alpha value is -1.46. The quantitative estimate of drug-likeness (QED) is 0.845. The van der Waals surface area contributed by atoms with Crippen molar-refractivity contribution in [2.24, 2.45) is 0 Å². The summed E-state index contributed by atoms with van der Waals surface area (Å²) in [6, 6.07) is 3.50. The number of fused-ring (bicyclic) bond motifs is 1. The zero-order valence-corrected chi connectivity index (χ0v) is 11.0. The SMILES string of the molecule is CC1C(=O)Nc2c(F)cc(CN3CCNCC3)cc21. The monoisotopic (exact) mass is 263 g/mol. The van der Waals surface area contributed by atoms with Crippen molar-refractivity contribution >= 4 is 11.6 Å². The Morgan fingerprint density at radius 2 is 2.11 bits per heavy atom. The first-order valence-corrected chi connectivity index (χ1v) is 6.71. The molecule has 0 saturated carbocycles. The van der Waals surface area contributed by atoms with Crippen LogP contribution >= 0.6 is 0 Å². The molecular weight excluding hydrogens is 245 g/mol. The Kier molecular flexibility index (Phi) is 3.24. The summed E-state index contributed by atoms with van der Waals surface area (Å²) >= 11 is 0. The molecular formula is C14H18FN3O. The second-order valence-corrected chi connectivity index (χ2v) is 5.28. The minimum absolute atomic E-state index is 0.117.